The zero-order valence-corrected chi connectivity index (χ0v) is 8.49. The molecular weight excluding hydrogens is 178 g/mol. The third kappa shape index (κ3) is 1.99. The molecule has 2 heterocycles. The van der Waals surface area contributed by atoms with Gasteiger partial charge >= 0.3 is 0 Å². The highest BCUT2D eigenvalue weighted by atomic mass is 16.3. The normalized spacial score (nSPS) is 24.0. The fourth-order valence-corrected chi connectivity index (χ4v) is 2.07. The number of aliphatic hydroxyl groups is 1. The number of aliphatic hydroxyl groups excluding tert-OH is 1. The summed E-state index contributed by atoms with van der Waals surface area (Å²) >= 11 is 0. The van der Waals surface area contributed by atoms with Gasteiger partial charge in [-0.3, -0.25) is 0 Å². The molecule has 0 aliphatic carbocycles. The van der Waals surface area contributed by atoms with Gasteiger partial charge < -0.3 is 14.8 Å². The average Bonchev–Trinajstić information content (AvgIpc) is 2.75. The van der Waals surface area contributed by atoms with Gasteiger partial charge in [0.25, 0.3) is 0 Å². The minimum atomic E-state index is -0.385. The van der Waals surface area contributed by atoms with E-state index >= 15 is 0 Å². The summed E-state index contributed by atoms with van der Waals surface area (Å²) < 4.78 is 5.05. The Morgan fingerprint density at radius 3 is 3.07 bits per heavy atom. The lowest BCUT2D eigenvalue weighted by Gasteiger charge is -2.15. The van der Waals surface area contributed by atoms with Gasteiger partial charge in [-0.05, 0) is 38.3 Å². The fraction of sp³-hybridized carbons (Fsp3) is 0.636. The Morgan fingerprint density at radius 2 is 2.50 bits per heavy atom. The van der Waals surface area contributed by atoms with E-state index in [1.165, 1.54) is 12.8 Å². The predicted octanol–water partition coefficient (Wildman–Crippen LogP) is 1.76. The molecule has 0 amide bonds. The average molecular weight is 195 g/mol. The Balaban J connectivity index is 1.95. The van der Waals surface area contributed by atoms with Gasteiger partial charge in [0.05, 0.1) is 18.6 Å². The van der Waals surface area contributed by atoms with Crippen molar-refractivity contribution in [3.63, 3.8) is 0 Å². The maximum Gasteiger partial charge on any atom is 0.0963 e. The molecule has 0 spiro atoms. The number of furan rings is 1. The van der Waals surface area contributed by atoms with Crippen molar-refractivity contribution in [2.24, 2.45) is 0 Å². The third-order valence-corrected chi connectivity index (χ3v) is 2.92. The Hall–Kier alpha value is -0.800. The number of hydrogen-bond donors (Lipinski definition) is 2. The van der Waals surface area contributed by atoms with E-state index in [9.17, 15) is 5.11 Å². The maximum absolute atomic E-state index is 9.95. The molecule has 3 nitrogen and oxygen atoms in total. The molecule has 0 radical (unpaired) electrons. The number of nitrogens with one attached hydrogen (secondary N) is 1. The lowest BCUT2D eigenvalue weighted by molar-refractivity contribution is 0.153. The molecule has 1 aromatic rings. The van der Waals surface area contributed by atoms with E-state index in [2.05, 4.69) is 5.32 Å². The van der Waals surface area contributed by atoms with Crippen molar-refractivity contribution in [3.05, 3.63) is 23.7 Å². The van der Waals surface area contributed by atoms with E-state index < -0.39 is 0 Å². The lowest BCUT2D eigenvalue weighted by Crippen LogP contribution is -2.23. The van der Waals surface area contributed by atoms with Gasteiger partial charge in [-0.1, -0.05) is 0 Å². The molecule has 78 valence electrons. The van der Waals surface area contributed by atoms with Crippen LogP contribution in [0.5, 0.6) is 0 Å². The van der Waals surface area contributed by atoms with Gasteiger partial charge in [0, 0.05) is 11.6 Å². The van der Waals surface area contributed by atoms with E-state index in [1.54, 1.807) is 12.5 Å². The Labute approximate surface area is 84.1 Å². The number of rotatable bonds is 3. The molecule has 3 heteroatoms. The summed E-state index contributed by atoms with van der Waals surface area (Å²) in [7, 11) is 0. The molecule has 1 saturated heterocycles. The quantitative estimate of drug-likeness (QED) is 0.772. The molecule has 2 atom stereocenters. The highest BCUT2D eigenvalue weighted by Gasteiger charge is 2.20. The molecule has 2 N–H and O–H groups in total. The van der Waals surface area contributed by atoms with Gasteiger partial charge in [0.15, 0.2) is 0 Å². The van der Waals surface area contributed by atoms with Gasteiger partial charge in [-0.2, -0.15) is 0 Å². The van der Waals surface area contributed by atoms with Crippen LogP contribution >= 0.6 is 0 Å². The third-order valence-electron chi connectivity index (χ3n) is 2.92. The molecule has 14 heavy (non-hydrogen) atoms. The first-order valence-corrected chi connectivity index (χ1v) is 5.21. The summed E-state index contributed by atoms with van der Waals surface area (Å²) in [6.07, 6.45) is 6.13. The van der Waals surface area contributed by atoms with Crippen LogP contribution in [0.15, 0.2) is 16.9 Å². The summed E-state index contributed by atoms with van der Waals surface area (Å²) in [6.45, 7) is 3.05. The first kappa shape index (κ1) is 9.74. The Bertz CT molecular complexity index is 289. The summed E-state index contributed by atoms with van der Waals surface area (Å²) in [5.41, 5.74) is 1.97. The van der Waals surface area contributed by atoms with Crippen LogP contribution in [0.4, 0.5) is 0 Å². The molecule has 2 unspecified atom stereocenters. The van der Waals surface area contributed by atoms with E-state index in [0.29, 0.717) is 6.04 Å². The van der Waals surface area contributed by atoms with Crippen molar-refractivity contribution < 1.29 is 9.52 Å². The fourth-order valence-electron chi connectivity index (χ4n) is 2.07. The van der Waals surface area contributed by atoms with Crippen molar-refractivity contribution in [1.29, 1.82) is 0 Å². The molecule has 0 aromatic carbocycles. The first-order valence-electron chi connectivity index (χ1n) is 5.21. The second kappa shape index (κ2) is 4.15. The van der Waals surface area contributed by atoms with Gasteiger partial charge in [-0.25, -0.2) is 0 Å². The van der Waals surface area contributed by atoms with Gasteiger partial charge in [0.2, 0.25) is 0 Å². The predicted molar refractivity (Wildman–Crippen MR) is 54.0 cm³/mol. The molecule has 1 aliphatic heterocycles. The molecule has 1 aromatic heterocycles. The van der Waals surface area contributed by atoms with Gasteiger partial charge in [0.1, 0.15) is 0 Å². The van der Waals surface area contributed by atoms with Crippen LogP contribution in [0.3, 0.4) is 0 Å². The second-order valence-electron chi connectivity index (χ2n) is 4.05. The van der Waals surface area contributed by atoms with Crippen LogP contribution in [0.25, 0.3) is 0 Å². The molecule has 0 bridgehead atoms. The minimum absolute atomic E-state index is 0.385. The van der Waals surface area contributed by atoms with Crippen LogP contribution in [0, 0.1) is 6.92 Å². The summed E-state index contributed by atoms with van der Waals surface area (Å²) in [5, 5.41) is 13.3. The molecule has 0 saturated carbocycles. The SMILES string of the molecule is Cc1cocc1C(O)CC1CCCN1. The summed E-state index contributed by atoms with van der Waals surface area (Å²) in [5.74, 6) is 0. The van der Waals surface area contributed by atoms with Crippen molar-refractivity contribution >= 4 is 0 Å². The maximum atomic E-state index is 9.95. The van der Waals surface area contributed by atoms with Crippen molar-refractivity contribution in [1.82, 2.24) is 5.32 Å². The monoisotopic (exact) mass is 195 g/mol. The highest BCUT2D eigenvalue weighted by Crippen LogP contribution is 2.24. The van der Waals surface area contributed by atoms with Crippen LogP contribution in [-0.2, 0) is 0 Å². The van der Waals surface area contributed by atoms with E-state index in [0.717, 1.165) is 24.1 Å². The van der Waals surface area contributed by atoms with Crippen LogP contribution < -0.4 is 5.32 Å². The minimum Gasteiger partial charge on any atom is -0.472 e. The lowest BCUT2D eigenvalue weighted by atomic mass is 10.0. The van der Waals surface area contributed by atoms with Crippen LogP contribution in [0.2, 0.25) is 0 Å². The summed E-state index contributed by atoms with van der Waals surface area (Å²) in [6, 6.07) is 0.472. The van der Waals surface area contributed by atoms with Gasteiger partial charge in [-0.15, -0.1) is 0 Å². The van der Waals surface area contributed by atoms with E-state index in [1.807, 2.05) is 6.92 Å². The smallest absolute Gasteiger partial charge is 0.0963 e. The Kier molecular flexibility index (Phi) is 2.89. The molecule has 1 aliphatic rings. The topological polar surface area (TPSA) is 45.4 Å². The molecule has 2 rings (SSSR count). The van der Waals surface area contributed by atoms with Crippen molar-refractivity contribution in [2.45, 2.75) is 38.3 Å². The van der Waals surface area contributed by atoms with Crippen LogP contribution in [0.1, 0.15) is 36.5 Å². The van der Waals surface area contributed by atoms with E-state index in [-0.39, 0.29) is 6.10 Å². The standard InChI is InChI=1S/C11H17NO2/c1-8-6-14-7-10(8)11(13)5-9-3-2-4-12-9/h6-7,9,11-13H,2-5H2,1H3. The Morgan fingerprint density at radius 1 is 1.64 bits per heavy atom. The van der Waals surface area contributed by atoms with Crippen molar-refractivity contribution in [3.8, 4) is 0 Å². The van der Waals surface area contributed by atoms with Crippen molar-refractivity contribution in [2.75, 3.05) is 6.54 Å². The largest absolute Gasteiger partial charge is 0.472 e. The zero-order valence-electron chi connectivity index (χ0n) is 8.49. The number of aryl methyl sites for hydroxylation is 1. The highest BCUT2D eigenvalue weighted by molar-refractivity contribution is 5.21. The number of hydrogen-bond acceptors (Lipinski definition) is 3. The molecule has 1 fully saturated rings. The second-order valence-corrected chi connectivity index (χ2v) is 4.05. The van der Waals surface area contributed by atoms with E-state index in [4.69, 9.17) is 4.42 Å². The van der Waals surface area contributed by atoms with Crippen LogP contribution in [-0.4, -0.2) is 17.7 Å². The first-order chi connectivity index (χ1) is 6.77. The molecular formula is C11H17NO2. The zero-order chi connectivity index (χ0) is 9.97. The summed E-state index contributed by atoms with van der Waals surface area (Å²) in [4.78, 5) is 0.